The van der Waals surface area contributed by atoms with Gasteiger partial charge in [-0.2, -0.15) is 0 Å². The normalized spacial score (nSPS) is 19.7. The molecule has 18 heavy (non-hydrogen) atoms. The van der Waals surface area contributed by atoms with E-state index in [4.69, 9.17) is 0 Å². The highest BCUT2D eigenvalue weighted by molar-refractivity contribution is 5.92. The van der Waals surface area contributed by atoms with E-state index >= 15 is 0 Å². The minimum Gasteiger partial charge on any atom is -0.394 e. The van der Waals surface area contributed by atoms with Gasteiger partial charge in [-0.25, -0.2) is 0 Å². The molecule has 1 heterocycles. The van der Waals surface area contributed by atoms with Crippen molar-refractivity contribution in [1.29, 1.82) is 0 Å². The molecule has 1 saturated heterocycles. The number of carbonyl (C=O) groups excluding carboxylic acids is 1. The smallest absolute Gasteiger partial charge is 0.246 e. The van der Waals surface area contributed by atoms with E-state index in [1.165, 1.54) is 5.56 Å². The number of carbonyl (C=O) groups is 1. The Morgan fingerprint density at radius 3 is 3.11 bits per heavy atom. The van der Waals surface area contributed by atoms with Gasteiger partial charge in [0, 0.05) is 12.6 Å². The third kappa shape index (κ3) is 2.99. The second kappa shape index (κ2) is 5.83. The summed E-state index contributed by atoms with van der Waals surface area (Å²) in [5.41, 5.74) is 2.21. The Kier molecular flexibility index (Phi) is 4.15. The quantitative estimate of drug-likeness (QED) is 0.827. The van der Waals surface area contributed by atoms with Gasteiger partial charge in [-0.05, 0) is 31.4 Å². The number of benzene rings is 1. The molecule has 1 atom stereocenters. The number of nitrogens with zero attached hydrogens (tertiary/aromatic N) is 1. The van der Waals surface area contributed by atoms with E-state index in [1.807, 2.05) is 37.3 Å². The standard InChI is InChI=1S/C15H19NO2/c1-12-4-2-5-13(10-12)7-8-15(18)16-9-3-6-14(16)11-17/h2,4-5,7-8,10,14,17H,3,6,9,11H2,1H3/b8-7+. The lowest BCUT2D eigenvalue weighted by Gasteiger charge is -2.21. The van der Waals surface area contributed by atoms with Crippen LogP contribution in [0.25, 0.3) is 6.08 Å². The zero-order chi connectivity index (χ0) is 13.0. The molecule has 1 amide bonds. The lowest BCUT2D eigenvalue weighted by atomic mass is 10.1. The molecule has 3 nitrogen and oxygen atoms in total. The van der Waals surface area contributed by atoms with E-state index in [9.17, 15) is 9.90 Å². The Hall–Kier alpha value is -1.61. The van der Waals surface area contributed by atoms with E-state index in [1.54, 1.807) is 11.0 Å². The van der Waals surface area contributed by atoms with Crippen LogP contribution < -0.4 is 0 Å². The molecule has 1 aliphatic heterocycles. The minimum atomic E-state index is -0.00643. The van der Waals surface area contributed by atoms with Gasteiger partial charge in [0.05, 0.1) is 12.6 Å². The maximum absolute atomic E-state index is 12.0. The number of amides is 1. The summed E-state index contributed by atoms with van der Waals surface area (Å²) in [6.07, 6.45) is 5.32. The minimum absolute atomic E-state index is 0.000315. The Morgan fingerprint density at radius 2 is 2.39 bits per heavy atom. The highest BCUT2D eigenvalue weighted by Crippen LogP contribution is 2.17. The van der Waals surface area contributed by atoms with Gasteiger partial charge >= 0.3 is 0 Å². The van der Waals surface area contributed by atoms with Crippen molar-refractivity contribution < 1.29 is 9.90 Å². The number of aliphatic hydroxyl groups is 1. The average molecular weight is 245 g/mol. The first kappa shape index (κ1) is 12.8. The first-order valence-electron chi connectivity index (χ1n) is 6.37. The second-order valence-corrected chi connectivity index (χ2v) is 4.76. The molecule has 0 aliphatic carbocycles. The molecular weight excluding hydrogens is 226 g/mol. The summed E-state index contributed by atoms with van der Waals surface area (Å²) in [6, 6.07) is 8.02. The van der Waals surface area contributed by atoms with Crippen molar-refractivity contribution in [2.75, 3.05) is 13.2 Å². The van der Waals surface area contributed by atoms with Crippen molar-refractivity contribution in [3.05, 3.63) is 41.5 Å². The fourth-order valence-electron chi connectivity index (χ4n) is 2.35. The van der Waals surface area contributed by atoms with E-state index in [2.05, 4.69) is 0 Å². The van der Waals surface area contributed by atoms with Gasteiger partial charge in [-0.1, -0.05) is 29.8 Å². The molecule has 1 N–H and O–H groups in total. The maximum atomic E-state index is 12.0. The summed E-state index contributed by atoms with van der Waals surface area (Å²) < 4.78 is 0. The van der Waals surface area contributed by atoms with Gasteiger partial charge in [-0.3, -0.25) is 4.79 Å². The first-order valence-corrected chi connectivity index (χ1v) is 6.37. The van der Waals surface area contributed by atoms with E-state index < -0.39 is 0 Å². The Labute approximate surface area is 108 Å². The van der Waals surface area contributed by atoms with Gasteiger partial charge in [0.15, 0.2) is 0 Å². The third-order valence-corrected chi connectivity index (χ3v) is 3.33. The largest absolute Gasteiger partial charge is 0.394 e. The van der Waals surface area contributed by atoms with Crippen LogP contribution in [0.4, 0.5) is 0 Å². The van der Waals surface area contributed by atoms with Crippen molar-refractivity contribution in [2.24, 2.45) is 0 Å². The van der Waals surface area contributed by atoms with E-state index in [0.29, 0.717) is 0 Å². The molecule has 1 unspecified atom stereocenters. The highest BCUT2D eigenvalue weighted by atomic mass is 16.3. The number of aliphatic hydroxyl groups excluding tert-OH is 1. The zero-order valence-corrected chi connectivity index (χ0v) is 10.7. The van der Waals surface area contributed by atoms with Crippen LogP contribution in [0, 0.1) is 6.92 Å². The van der Waals surface area contributed by atoms with E-state index in [-0.39, 0.29) is 18.6 Å². The number of hydrogen-bond donors (Lipinski definition) is 1. The molecule has 2 rings (SSSR count). The summed E-state index contributed by atoms with van der Waals surface area (Å²) in [5.74, 6) is -0.00643. The van der Waals surface area contributed by atoms with Gasteiger partial charge < -0.3 is 10.0 Å². The molecule has 0 bridgehead atoms. The monoisotopic (exact) mass is 245 g/mol. The topological polar surface area (TPSA) is 40.5 Å². The van der Waals surface area contributed by atoms with Crippen LogP contribution in [0.15, 0.2) is 30.3 Å². The molecule has 0 aromatic heterocycles. The molecule has 1 fully saturated rings. The predicted octanol–water partition coefficient (Wildman–Crippen LogP) is 1.99. The van der Waals surface area contributed by atoms with Gasteiger partial charge in [-0.15, -0.1) is 0 Å². The molecule has 96 valence electrons. The molecule has 0 saturated carbocycles. The van der Waals surface area contributed by atoms with E-state index in [0.717, 1.165) is 24.9 Å². The van der Waals surface area contributed by atoms with Crippen LogP contribution >= 0.6 is 0 Å². The van der Waals surface area contributed by atoms with Gasteiger partial charge in [0.25, 0.3) is 0 Å². The van der Waals surface area contributed by atoms with Gasteiger partial charge in [0.2, 0.25) is 5.91 Å². The summed E-state index contributed by atoms with van der Waals surface area (Å²) >= 11 is 0. The molecule has 0 radical (unpaired) electrons. The van der Waals surface area contributed by atoms with Gasteiger partial charge in [0.1, 0.15) is 0 Å². The Morgan fingerprint density at radius 1 is 1.56 bits per heavy atom. The van der Waals surface area contributed by atoms with Crippen molar-refractivity contribution in [1.82, 2.24) is 4.90 Å². The van der Waals surface area contributed by atoms with Crippen LogP contribution in [-0.2, 0) is 4.79 Å². The van der Waals surface area contributed by atoms with Crippen molar-refractivity contribution in [3.63, 3.8) is 0 Å². The SMILES string of the molecule is Cc1cccc(/C=C/C(=O)N2CCCC2CO)c1. The third-order valence-electron chi connectivity index (χ3n) is 3.33. The number of aryl methyl sites for hydroxylation is 1. The molecule has 0 spiro atoms. The second-order valence-electron chi connectivity index (χ2n) is 4.76. The summed E-state index contributed by atoms with van der Waals surface area (Å²) in [6.45, 7) is 2.84. The summed E-state index contributed by atoms with van der Waals surface area (Å²) in [4.78, 5) is 13.8. The molecule has 3 heteroatoms. The lowest BCUT2D eigenvalue weighted by molar-refractivity contribution is -0.127. The number of hydrogen-bond acceptors (Lipinski definition) is 2. The molecular formula is C15H19NO2. The summed E-state index contributed by atoms with van der Waals surface area (Å²) in [7, 11) is 0. The van der Waals surface area contributed by atoms with Crippen LogP contribution in [0.2, 0.25) is 0 Å². The van der Waals surface area contributed by atoms with Crippen LogP contribution in [0.5, 0.6) is 0 Å². The molecule has 1 aliphatic rings. The van der Waals surface area contributed by atoms with Crippen molar-refractivity contribution in [2.45, 2.75) is 25.8 Å². The summed E-state index contributed by atoms with van der Waals surface area (Å²) in [5, 5.41) is 9.19. The number of rotatable bonds is 3. The van der Waals surface area contributed by atoms with Crippen molar-refractivity contribution >= 4 is 12.0 Å². The van der Waals surface area contributed by atoms with Crippen LogP contribution in [0.1, 0.15) is 24.0 Å². The Balaban J connectivity index is 2.02. The Bertz CT molecular complexity index is 454. The average Bonchev–Trinajstić information content (AvgIpc) is 2.84. The highest BCUT2D eigenvalue weighted by Gasteiger charge is 2.26. The molecule has 1 aromatic rings. The predicted molar refractivity (Wildman–Crippen MR) is 72.0 cm³/mol. The molecule has 1 aromatic carbocycles. The first-order chi connectivity index (χ1) is 8.70. The van der Waals surface area contributed by atoms with Crippen LogP contribution in [0.3, 0.4) is 0 Å². The maximum Gasteiger partial charge on any atom is 0.246 e. The number of likely N-dealkylation sites (tertiary alicyclic amines) is 1. The lowest BCUT2D eigenvalue weighted by Crippen LogP contribution is -2.36. The zero-order valence-electron chi connectivity index (χ0n) is 10.7. The van der Waals surface area contributed by atoms with Crippen molar-refractivity contribution in [3.8, 4) is 0 Å². The van der Waals surface area contributed by atoms with Crippen LogP contribution in [-0.4, -0.2) is 35.1 Å². The fraction of sp³-hybridized carbons (Fsp3) is 0.400. The fourth-order valence-corrected chi connectivity index (χ4v) is 2.35.